The number of ketones is 1. The number of H-pyrrole nitrogens is 1. The number of fused-ring (bicyclic) bond motifs is 2. The molecule has 17 heavy (non-hydrogen) atoms. The molecule has 2 bridgehead atoms. The lowest BCUT2D eigenvalue weighted by Crippen LogP contribution is -2.43. The molecule has 1 N–H and O–H groups in total. The van der Waals surface area contributed by atoms with Crippen molar-refractivity contribution < 1.29 is 14.3 Å². The fourth-order valence-corrected chi connectivity index (χ4v) is 2.17. The Labute approximate surface area is 94.9 Å². The van der Waals surface area contributed by atoms with Gasteiger partial charge in [-0.3, -0.25) is 19.5 Å². The molecular formula is C10H10N2O5. The molecule has 7 heteroatoms. The molecule has 2 saturated heterocycles. The summed E-state index contributed by atoms with van der Waals surface area (Å²) in [5.41, 5.74) is -0.755. The van der Waals surface area contributed by atoms with E-state index in [1.807, 2.05) is 0 Å². The molecule has 2 aliphatic rings. The number of Topliss-reactive ketones (excluding diaryl/α,β-unsaturated/α-hetero) is 1. The molecule has 0 amide bonds. The molecule has 0 aliphatic carbocycles. The molecule has 3 rings (SSSR count). The Kier molecular flexibility index (Phi) is 2.23. The zero-order chi connectivity index (χ0) is 12.0. The summed E-state index contributed by atoms with van der Waals surface area (Å²) in [7, 11) is 0. The van der Waals surface area contributed by atoms with E-state index in [0.717, 1.165) is 10.7 Å². The Balaban J connectivity index is 2.03. The molecule has 0 aromatic carbocycles. The van der Waals surface area contributed by atoms with Crippen molar-refractivity contribution in [3.8, 4) is 0 Å². The molecule has 1 aromatic rings. The first-order valence-electron chi connectivity index (χ1n) is 5.27. The molecule has 0 radical (unpaired) electrons. The van der Waals surface area contributed by atoms with Crippen LogP contribution in [0.4, 0.5) is 0 Å². The summed E-state index contributed by atoms with van der Waals surface area (Å²) < 4.78 is 11.6. The van der Waals surface area contributed by atoms with E-state index in [9.17, 15) is 14.4 Å². The number of nitrogens with zero attached hydrogens (tertiary/aromatic N) is 1. The molecule has 0 unspecified atom stereocenters. The van der Waals surface area contributed by atoms with Gasteiger partial charge < -0.3 is 9.47 Å². The number of rotatable bonds is 1. The molecular weight excluding hydrogens is 228 g/mol. The first kappa shape index (κ1) is 10.4. The minimum atomic E-state index is -0.803. The summed E-state index contributed by atoms with van der Waals surface area (Å²) in [4.78, 5) is 34.4. The van der Waals surface area contributed by atoms with Gasteiger partial charge in [0.05, 0.1) is 12.6 Å². The number of hydrogen-bond acceptors (Lipinski definition) is 5. The van der Waals surface area contributed by atoms with Gasteiger partial charge in [0.2, 0.25) is 6.29 Å². The predicted molar refractivity (Wildman–Crippen MR) is 54.6 cm³/mol. The van der Waals surface area contributed by atoms with Gasteiger partial charge in [-0.2, -0.15) is 0 Å². The van der Waals surface area contributed by atoms with Gasteiger partial charge in [0.25, 0.3) is 11.1 Å². The van der Waals surface area contributed by atoms with Crippen LogP contribution in [0.2, 0.25) is 0 Å². The maximum absolute atomic E-state index is 11.6. The van der Waals surface area contributed by atoms with E-state index in [2.05, 4.69) is 5.10 Å². The highest BCUT2D eigenvalue weighted by Crippen LogP contribution is 2.31. The van der Waals surface area contributed by atoms with Crippen LogP contribution in [-0.2, 0) is 14.3 Å². The van der Waals surface area contributed by atoms with E-state index in [1.54, 1.807) is 0 Å². The predicted octanol–water partition coefficient (Wildman–Crippen LogP) is -1.21. The molecule has 3 heterocycles. The third-order valence-corrected chi connectivity index (χ3v) is 2.99. The second kappa shape index (κ2) is 3.64. The van der Waals surface area contributed by atoms with Crippen molar-refractivity contribution in [1.82, 2.24) is 9.78 Å². The van der Waals surface area contributed by atoms with E-state index >= 15 is 0 Å². The molecule has 1 aromatic heterocycles. The largest absolute Gasteiger partial charge is 0.343 e. The smallest absolute Gasteiger partial charge is 0.265 e. The van der Waals surface area contributed by atoms with Crippen LogP contribution in [-0.4, -0.2) is 34.6 Å². The maximum atomic E-state index is 11.6. The van der Waals surface area contributed by atoms with Gasteiger partial charge in [-0.15, -0.1) is 0 Å². The summed E-state index contributed by atoms with van der Waals surface area (Å²) in [6.45, 7) is 0.254. The first-order chi connectivity index (χ1) is 8.15. The Hall–Kier alpha value is -1.73. The van der Waals surface area contributed by atoms with Gasteiger partial charge in [-0.1, -0.05) is 0 Å². The van der Waals surface area contributed by atoms with Crippen LogP contribution in [0.25, 0.3) is 0 Å². The van der Waals surface area contributed by atoms with E-state index in [4.69, 9.17) is 9.47 Å². The monoisotopic (exact) mass is 238 g/mol. The third-order valence-electron chi connectivity index (χ3n) is 2.99. The summed E-state index contributed by atoms with van der Waals surface area (Å²) >= 11 is 0. The Morgan fingerprint density at radius 2 is 2.12 bits per heavy atom. The fourth-order valence-electron chi connectivity index (χ4n) is 2.17. The van der Waals surface area contributed by atoms with Gasteiger partial charge >= 0.3 is 0 Å². The molecule has 7 nitrogen and oxygen atoms in total. The second-order valence-electron chi connectivity index (χ2n) is 4.10. The SMILES string of the molecule is O=C1C[C@H](n2[nH]c(=O)ccc2=O)[C@H]2CO[C@@H]1O2. The summed E-state index contributed by atoms with van der Waals surface area (Å²) in [5.74, 6) is -0.208. The first-order valence-corrected chi connectivity index (χ1v) is 5.27. The van der Waals surface area contributed by atoms with Crippen molar-refractivity contribution in [3.05, 3.63) is 32.8 Å². The van der Waals surface area contributed by atoms with Gasteiger partial charge in [0.15, 0.2) is 5.78 Å². The van der Waals surface area contributed by atoms with E-state index < -0.39 is 17.9 Å². The standard InChI is InChI=1S/C10H10N2O5/c13-6-3-5(7-4-16-10(6)17-7)12-9(15)2-1-8(14)11-12/h1-2,5,7,10H,3-4H2,(H,11,14)/t5-,7+,10+/m0/s1. The Morgan fingerprint density at radius 1 is 1.29 bits per heavy atom. The minimum absolute atomic E-state index is 0.134. The van der Waals surface area contributed by atoms with Crippen LogP contribution in [0, 0.1) is 0 Å². The topological polar surface area (TPSA) is 90.4 Å². The number of carbonyl (C=O) groups is 1. The van der Waals surface area contributed by atoms with Crippen LogP contribution in [0.5, 0.6) is 0 Å². The van der Waals surface area contributed by atoms with Crippen LogP contribution < -0.4 is 11.1 Å². The number of aromatic nitrogens is 2. The zero-order valence-electron chi connectivity index (χ0n) is 8.79. The van der Waals surface area contributed by atoms with Crippen molar-refractivity contribution in [2.75, 3.05) is 6.61 Å². The van der Waals surface area contributed by atoms with Crippen molar-refractivity contribution in [2.24, 2.45) is 0 Å². The number of aromatic amines is 1. The second-order valence-corrected chi connectivity index (χ2v) is 4.10. The highest BCUT2D eigenvalue weighted by Gasteiger charge is 2.44. The summed E-state index contributed by atoms with van der Waals surface area (Å²) in [5, 5.41) is 2.41. The van der Waals surface area contributed by atoms with E-state index in [1.165, 1.54) is 6.07 Å². The highest BCUT2D eigenvalue weighted by atomic mass is 16.7. The van der Waals surface area contributed by atoms with Crippen molar-refractivity contribution in [2.45, 2.75) is 24.9 Å². The van der Waals surface area contributed by atoms with Gasteiger partial charge in [-0.25, -0.2) is 4.68 Å². The molecule has 3 atom stereocenters. The van der Waals surface area contributed by atoms with Crippen LogP contribution in [0.3, 0.4) is 0 Å². The fraction of sp³-hybridized carbons (Fsp3) is 0.500. The molecule has 2 fully saturated rings. The van der Waals surface area contributed by atoms with Gasteiger partial charge in [0, 0.05) is 18.6 Å². The number of hydrogen-bond donors (Lipinski definition) is 1. The van der Waals surface area contributed by atoms with E-state index in [0.29, 0.717) is 0 Å². The van der Waals surface area contributed by atoms with Gasteiger partial charge in [-0.05, 0) is 0 Å². The normalized spacial score (nSPS) is 31.8. The average molecular weight is 238 g/mol. The third kappa shape index (κ3) is 1.63. The van der Waals surface area contributed by atoms with Crippen molar-refractivity contribution in [1.29, 1.82) is 0 Å². The van der Waals surface area contributed by atoms with Crippen LogP contribution in [0.15, 0.2) is 21.7 Å². The molecule has 0 saturated carbocycles. The quantitative estimate of drug-likeness (QED) is 0.663. The minimum Gasteiger partial charge on any atom is -0.343 e. The van der Waals surface area contributed by atoms with Crippen molar-refractivity contribution >= 4 is 5.78 Å². The Morgan fingerprint density at radius 3 is 2.94 bits per heavy atom. The molecule has 2 aliphatic heterocycles. The molecule has 90 valence electrons. The van der Waals surface area contributed by atoms with Crippen LogP contribution >= 0.6 is 0 Å². The highest BCUT2D eigenvalue weighted by molar-refractivity contribution is 5.83. The average Bonchev–Trinajstić information content (AvgIpc) is 2.73. The number of carbonyl (C=O) groups excluding carboxylic acids is 1. The molecule has 0 spiro atoms. The summed E-state index contributed by atoms with van der Waals surface area (Å²) in [6, 6.07) is 1.83. The number of nitrogens with one attached hydrogen (secondary N) is 1. The van der Waals surface area contributed by atoms with E-state index in [-0.39, 0.29) is 30.5 Å². The lowest BCUT2D eigenvalue weighted by molar-refractivity contribution is -0.156. The zero-order valence-corrected chi connectivity index (χ0v) is 8.79. The van der Waals surface area contributed by atoms with Gasteiger partial charge in [0.1, 0.15) is 6.10 Å². The lowest BCUT2D eigenvalue weighted by Gasteiger charge is -2.27. The van der Waals surface area contributed by atoms with Crippen molar-refractivity contribution in [3.63, 3.8) is 0 Å². The summed E-state index contributed by atoms with van der Waals surface area (Å²) in [6.07, 6.45) is -1.04. The maximum Gasteiger partial charge on any atom is 0.265 e. The Bertz CT molecular complexity index is 575. The number of ether oxygens (including phenoxy) is 2. The van der Waals surface area contributed by atoms with Crippen LogP contribution in [0.1, 0.15) is 12.5 Å². The lowest BCUT2D eigenvalue weighted by atomic mass is 10.0.